The lowest BCUT2D eigenvalue weighted by molar-refractivity contribution is -0.120. The Bertz CT molecular complexity index is 372. The second-order valence-electron chi connectivity index (χ2n) is 5.27. The zero-order valence-corrected chi connectivity index (χ0v) is 10.5. The van der Waals surface area contributed by atoms with Crippen molar-refractivity contribution in [2.75, 3.05) is 6.79 Å². The lowest BCUT2D eigenvalue weighted by Gasteiger charge is -2.13. The van der Waals surface area contributed by atoms with Gasteiger partial charge in [0.25, 0.3) is 0 Å². The number of Topliss-reactive ketones (excluding diaryl/α,β-unsaturated/α-hetero) is 1. The third-order valence-electron chi connectivity index (χ3n) is 2.30. The molecule has 0 aromatic carbocycles. The molecule has 0 aromatic heterocycles. The Hall–Kier alpha value is -1.27. The fourth-order valence-electron chi connectivity index (χ4n) is 1.06. The highest BCUT2D eigenvalue weighted by atomic mass is 16.7. The molecule has 1 heterocycles. The van der Waals surface area contributed by atoms with E-state index in [1.54, 1.807) is 6.08 Å². The molecule has 1 fully saturated rings. The first-order chi connectivity index (χ1) is 7.23. The summed E-state index contributed by atoms with van der Waals surface area (Å²) in [5.41, 5.74) is -0.868. The van der Waals surface area contributed by atoms with Crippen LogP contribution in [0.4, 0.5) is 0 Å². The zero-order valence-electron chi connectivity index (χ0n) is 10.5. The predicted molar refractivity (Wildman–Crippen MR) is 61.4 cm³/mol. The summed E-state index contributed by atoms with van der Waals surface area (Å²) in [7, 11) is 0. The van der Waals surface area contributed by atoms with E-state index in [9.17, 15) is 4.79 Å². The number of allylic oxidation sites excluding steroid dienone is 1. The summed E-state index contributed by atoms with van der Waals surface area (Å²) in [6.45, 7) is 9.58. The van der Waals surface area contributed by atoms with Gasteiger partial charge in [-0.2, -0.15) is 0 Å². The molecule has 0 saturated carbocycles. The summed E-state index contributed by atoms with van der Waals surface area (Å²) in [5, 5.41) is 0. The van der Waals surface area contributed by atoms with Gasteiger partial charge in [0, 0.05) is 11.5 Å². The van der Waals surface area contributed by atoms with Crippen molar-refractivity contribution in [2.45, 2.75) is 40.2 Å². The summed E-state index contributed by atoms with van der Waals surface area (Å²) in [6, 6.07) is 0. The number of hydrogen-bond donors (Lipinski definition) is 0. The molecule has 1 rings (SSSR count). The number of ether oxygens (including phenoxy) is 2. The van der Waals surface area contributed by atoms with Gasteiger partial charge in [0.05, 0.1) is 0 Å². The molecule has 88 valence electrons. The van der Waals surface area contributed by atoms with Crippen molar-refractivity contribution in [1.82, 2.24) is 0 Å². The van der Waals surface area contributed by atoms with Gasteiger partial charge in [-0.25, -0.2) is 0 Å². The van der Waals surface area contributed by atoms with E-state index < -0.39 is 11.0 Å². The van der Waals surface area contributed by atoms with Crippen LogP contribution in [0.25, 0.3) is 0 Å². The second-order valence-corrected chi connectivity index (χ2v) is 5.27. The van der Waals surface area contributed by atoms with Crippen LogP contribution in [0.15, 0.2) is 11.8 Å². The lowest BCUT2D eigenvalue weighted by atomic mass is 9.91. The Kier molecular flexibility index (Phi) is 3.44. The van der Waals surface area contributed by atoms with Crippen molar-refractivity contribution in [2.24, 2.45) is 5.41 Å². The number of hydrogen-bond acceptors (Lipinski definition) is 3. The average Bonchev–Trinajstić information content (AvgIpc) is 2.44. The summed E-state index contributed by atoms with van der Waals surface area (Å²) < 4.78 is 10.6. The number of carbonyl (C=O) groups excluding carboxylic acids is 1. The first-order valence-corrected chi connectivity index (χ1v) is 5.27. The summed E-state index contributed by atoms with van der Waals surface area (Å²) in [4.78, 5) is 11.5. The molecule has 0 aliphatic carbocycles. The first kappa shape index (κ1) is 12.8. The smallest absolute Gasteiger partial charge is 0.211 e. The highest BCUT2D eigenvalue weighted by Crippen LogP contribution is 2.27. The molecule has 0 unspecified atom stereocenters. The van der Waals surface area contributed by atoms with E-state index in [0.717, 1.165) is 0 Å². The Morgan fingerprint density at radius 1 is 1.44 bits per heavy atom. The SMILES string of the molecule is CC(C)(C)C(=O)C#C/C=C1/OCOC1(C)C. The van der Waals surface area contributed by atoms with Crippen molar-refractivity contribution in [1.29, 1.82) is 0 Å². The Morgan fingerprint density at radius 2 is 2.06 bits per heavy atom. The van der Waals surface area contributed by atoms with Crippen LogP contribution in [0.3, 0.4) is 0 Å². The van der Waals surface area contributed by atoms with Crippen molar-refractivity contribution < 1.29 is 14.3 Å². The van der Waals surface area contributed by atoms with Crippen LogP contribution in [0.1, 0.15) is 34.6 Å². The van der Waals surface area contributed by atoms with Gasteiger partial charge in [-0.3, -0.25) is 4.79 Å². The van der Waals surface area contributed by atoms with E-state index >= 15 is 0 Å². The number of rotatable bonds is 0. The van der Waals surface area contributed by atoms with Crippen LogP contribution >= 0.6 is 0 Å². The lowest BCUT2D eigenvalue weighted by Crippen LogP contribution is -2.19. The number of ketones is 1. The molecule has 0 atom stereocenters. The van der Waals surface area contributed by atoms with E-state index in [0.29, 0.717) is 5.76 Å². The molecule has 0 N–H and O–H groups in total. The van der Waals surface area contributed by atoms with Gasteiger partial charge in [0.1, 0.15) is 11.4 Å². The van der Waals surface area contributed by atoms with Crippen molar-refractivity contribution in [3.8, 4) is 11.8 Å². The van der Waals surface area contributed by atoms with Crippen LogP contribution in [0.5, 0.6) is 0 Å². The summed E-state index contributed by atoms with van der Waals surface area (Å²) in [6.07, 6.45) is 1.61. The minimum atomic E-state index is -0.445. The molecule has 0 amide bonds. The van der Waals surface area contributed by atoms with Gasteiger partial charge in [0.2, 0.25) is 5.78 Å². The van der Waals surface area contributed by atoms with E-state index in [2.05, 4.69) is 11.8 Å². The van der Waals surface area contributed by atoms with Gasteiger partial charge in [-0.1, -0.05) is 26.7 Å². The fourth-order valence-corrected chi connectivity index (χ4v) is 1.06. The zero-order chi connectivity index (χ0) is 12.4. The van der Waals surface area contributed by atoms with Gasteiger partial charge in [0.15, 0.2) is 6.79 Å². The molecule has 0 radical (unpaired) electrons. The molecule has 3 heteroatoms. The standard InChI is InChI=1S/C13H18O3/c1-12(2,3)10(14)7-6-8-11-13(4,5)16-9-15-11/h8H,9H2,1-5H3/b11-8+. The third-order valence-corrected chi connectivity index (χ3v) is 2.30. The van der Waals surface area contributed by atoms with E-state index in [4.69, 9.17) is 9.47 Å². The maximum absolute atomic E-state index is 11.5. The minimum absolute atomic E-state index is 0.0823. The molecule has 0 aromatic rings. The molecule has 0 bridgehead atoms. The van der Waals surface area contributed by atoms with E-state index in [1.165, 1.54) is 0 Å². The molecule has 16 heavy (non-hydrogen) atoms. The van der Waals surface area contributed by atoms with Gasteiger partial charge >= 0.3 is 0 Å². The summed E-state index contributed by atoms with van der Waals surface area (Å²) >= 11 is 0. The molecular weight excluding hydrogens is 204 g/mol. The predicted octanol–water partition coefficient (Wildman–Crippen LogP) is 2.27. The van der Waals surface area contributed by atoms with Crippen LogP contribution < -0.4 is 0 Å². The average molecular weight is 222 g/mol. The van der Waals surface area contributed by atoms with Gasteiger partial charge in [-0.15, -0.1) is 0 Å². The molecule has 0 spiro atoms. The second kappa shape index (κ2) is 4.31. The Morgan fingerprint density at radius 3 is 2.50 bits per heavy atom. The normalized spacial score (nSPS) is 21.2. The quantitative estimate of drug-likeness (QED) is 0.466. The first-order valence-electron chi connectivity index (χ1n) is 5.27. The maximum atomic E-state index is 11.5. The molecule has 1 aliphatic heterocycles. The van der Waals surface area contributed by atoms with E-state index in [-0.39, 0.29) is 12.6 Å². The largest absolute Gasteiger partial charge is 0.468 e. The third kappa shape index (κ3) is 3.11. The molecular formula is C13H18O3. The van der Waals surface area contributed by atoms with Crippen LogP contribution in [0, 0.1) is 17.3 Å². The Labute approximate surface area is 96.8 Å². The van der Waals surface area contributed by atoms with Gasteiger partial charge in [-0.05, 0) is 19.8 Å². The highest BCUT2D eigenvalue weighted by molar-refractivity contribution is 5.99. The molecule has 1 saturated heterocycles. The van der Waals surface area contributed by atoms with Gasteiger partial charge < -0.3 is 9.47 Å². The molecule has 3 nitrogen and oxygen atoms in total. The fraction of sp³-hybridized carbons (Fsp3) is 0.615. The highest BCUT2D eigenvalue weighted by Gasteiger charge is 2.31. The maximum Gasteiger partial charge on any atom is 0.211 e. The monoisotopic (exact) mass is 222 g/mol. The summed E-state index contributed by atoms with van der Waals surface area (Å²) in [5.74, 6) is 5.89. The molecule has 1 aliphatic rings. The van der Waals surface area contributed by atoms with Crippen molar-refractivity contribution in [3.05, 3.63) is 11.8 Å². The van der Waals surface area contributed by atoms with E-state index in [1.807, 2.05) is 34.6 Å². The van der Waals surface area contributed by atoms with Crippen molar-refractivity contribution in [3.63, 3.8) is 0 Å². The Balaban J connectivity index is 2.74. The van der Waals surface area contributed by atoms with Crippen LogP contribution in [-0.2, 0) is 14.3 Å². The number of carbonyl (C=O) groups is 1. The van der Waals surface area contributed by atoms with Crippen LogP contribution in [-0.4, -0.2) is 18.2 Å². The van der Waals surface area contributed by atoms with Crippen LogP contribution in [0.2, 0.25) is 0 Å². The topological polar surface area (TPSA) is 35.5 Å². The minimum Gasteiger partial charge on any atom is -0.468 e. The van der Waals surface area contributed by atoms with Crippen molar-refractivity contribution >= 4 is 5.78 Å².